The molecule has 3 atom stereocenters. The fourth-order valence-corrected chi connectivity index (χ4v) is 7.36. The third kappa shape index (κ3) is 6.06. The van der Waals surface area contributed by atoms with Crippen molar-refractivity contribution in [3.8, 4) is 0 Å². The Morgan fingerprint density at radius 1 is 1.00 bits per heavy atom. The first-order chi connectivity index (χ1) is 18.8. The molecule has 2 heterocycles. The minimum absolute atomic E-state index is 0. The Labute approximate surface area is 237 Å². The van der Waals surface area contributed by atoms with Crippen LogP contribution in [0.25, 0.3) is 10.8 Å². The number of nitrogens with one attached hydrogen (secondary N) is 3. The average Bonchev–Trinajstić information content (AvgIpc) is 3.48. The van der Waals surface area contributed by atoms with Crippen LogP contribution in [0.3, 0.4) is 0 Å². The molecule has 0 bridgehead atoms. The molecule has 2 amide bonds. The molecule has 9 heteroatoms. The molecule has 0 aromatic heterocycles. The van der Waals surface area contributed by atoms with Crippen LogP contribution in [-0.2, 0) is 14.8 Å². The Morgan fingerprint density at radius 3 is 2.42 bits per heavy atom. The van der Waals surface area contributed by atoms with Crippen LogP contribution in [0.15, 0.2) is 65.6 Å². The van der Waals surface area contributed by atoms with Gasteiger partial charge in [-0.15, -0.1) is 0 Å². The van der Waals surface area contributed by atoms with Gasteiger partial charge in [0.25, 0.3) is 5.91 Å². The second-order valence-electron chi connectivity index (χ2n) is 10.5. The maximum Gasteiger partial charge on any atom is 0.255 e. The Morgan fingerprint density at radius 2 is 1.73 bits per heavy atom. The summed E-state index contributed by atoms with van der Waals surface area (Å²) in [6.45, 7) is 5.86. The summed E-state index contributed by atoms with van der Waals surface area (Å²) >= 11 is 0. The van der Waals surface area contributed by atoms with Gasteiger partial charge in [0.05, 0.1) is 10.9 Å². The number of carbonyl (C=O) groups excluding carboxylic acids is 2. The minimum Gasteiger partial charge on any atom is -0.341 e. The average molecular weight is 565 g/mol. The number of hydrogen-bond acceptors (Lipinski definition) is 5. The van der Waals surface area contributed by atoms with Crippen molar-refractivity contribution in [3.05, 3.63) is 71.8 Å². The highest BCUT2D eigenvalue weighted by Crippen LogP contribution is 2.31. The molecule has 0 aliphatic carbocycles. The third-order valence-electron chi connectivity index (χ3n) is 8.05. The van der Waals surface area contributed by atoms with Crippen LogP contribution in [0.4, 0.5) is 5.69 Å². The molecule has 1 unspecified atom stereocenters. The van der Waals surface area contributed by atoms with E-state index in [1.165, 1.54) is 0 Å². The maximum atomic E-state index is 13.7. The molecule has 0 spiro atoms. The number of hydrogen-bond donors (Lipinski definition) is 3. The van der Waals surface area contributed by atoms with Crippen LogP contribution in [-0.4, -0.2) is 56.9 Å². The first-order valence-corrected chi connectivity index (χ1v) is 15.2. The predicted molar refractivity (Wildman–Crippen MR) is 160 cm³/mol. The number of nitrogens with zero attached hydrogens (tertiary/aromatic N) is 1. The van der Waals surface area contributed by atoms with Crippen LogP contribution in [0.5, 0.6) is 0 Å². The quantitative estimate of drug-likeness (QED) is 0.386. The number of fused-ring (bicyclic) bond motifs is 1. The lowest BCUT2D eigenvalue weighted by Crippen LogP contribution is -2.55. The van der Waals surface area contributed by atoms with Crippen LogP contribution in [0.2, 0.25) is 0 Å². The van der Waals surface area contributed by atoms with Gasteiger partial charge in [-0.25, -0.2) is 13.1 Å². The fourth-order valence-electron chi connectivity index (χ4n) is 5.81. The Hall–Kier alpha value is -3.27. The van der Waals surface area contributed by atoms with Gasteiger partial charge in [-0.1, -0.05) is 63.2 Å². The summed E-state index contributed by atoms with van der Waals surface area (Å²) in [6, 6.07) is 17.4. The normalized spacial score (nSPS) is 21.1. The molecular weight excluding hydrogens is 524 g/mol. The Bertz CT molecular complexity index is 1480. The number of amides is 2. The van der Waals surface area contributed by atoms with Crippen LogP contribution in [0, 0.1) is 12.8 Å². The highest BCUT2D eigenvalue weighted by atomic mass is 32.2. The van der Waals surface area contributed by atoms with Gasteiger partial charge in [0.15, 0.2) is 0 Å². The highest BCUT2D eigenvalue weighted by Gasteiger charge is 2.36. The molecule has 2 fully saturated rings. The van der Waals surface area contributed by atoms with Crippen molar-refractivity contribution in [2.45, 2.75) is 63.9 Å². The van der Waals surface area contributed by atoms with Crippen molar-refractivity contribution < 1.29 is 18.0 Å². The van der Waals surface area contributed by atoms with Gasteiger partial charge < -0.3 is 15.5 Å². The molecule has 2 aliphatic rings. The van der Waals surface area contributed by atoms with E-state index in [-0.39, 0.29) is 42.1 Å². The first kappa shape index (κ1) is 29.7. The largest absolute Gasteiger partial charge is 0.341 e. The molecule has 214 valence electrons. The summed E-state index contributed by atoms with van der Waals surface area (Å²) in [7, 11) is -3.87. The van der Waals surface area contributed by atoms with Gasteiger partial charge in [-0.2, -0.15) is 0 Å². The minimum atomic E-state index is -3.87. The second kappa shape index (κ2) is 12.5. The maximum absolute atomic E-state index is 13.7. The molecule has 3 aromatic rings. The van der Waals surface area contributed by atoms with Gasteiger partial charge in [0.2, 0.25) is 15.9 Å². The van der Waals surface area contributed by atoms with Crippen LogP contribution in [0.1, 0.15) is 56.0 Å². The zero-order valence-corrected chi connectivity index (χ0v) is 23.3. The zero-order valence-electron chi connectivity index (χ0n) is 22.4. The number of aryl methyl sites for hydroxylation is 1. The number of piperidine rings is 1. The lowest BCUT2D eigenvalue weighted by Gasteiger charge is -2.39. The number of benzene rings is 3. The molecule has 5 rings (SSSR count). The molecular formula is C31H40N4O4S. The number of sulfonamides is 1. The molecule has 0 radical (unpaired) electrons. The molecule has 8 nitrogen and oxygen atoms in total. The van der Waals surface area contributed by atoms with E-state index in [0.29, 0.717) is 41.5 Å². The van der Waals surface area contributed by atoms with Crippen LogP contribution < -0.4 is 15.4 Å². The number of anilines is 1. The van der Waals surface area contributed by atoms with Gasteiger partial charge >= 0.3 is 0 Å². The van der Waals surface area contributed by atoms with E-state index in [0.717, 1.165) is 31.4 Å². The van der Waals surface area contributed by atoms with Crippen molar-refractivity contribution in [1.29, 1.82) is 0 Å². The van der Waals surface area contributed by atoms with E-state index >= 15 is 0 Å². The Kier molecular flexibility index (Phi) is 9.28. The molecule has 2 aliphatic heterocycles. The summed E-state index contributed by atoms with van der Waals surface area (Å²) in [5.74, 6) is -0.0914. The number of rotatable bonds is 7. The molecule has 0 saturated carbocycles. The lowest BCUT2D eigenvalue weighted by atomic mass is 9.90. The monoisotopic (exact) mass is 564 g/mol. The van der Waals surface area contributed by atoms with Gasteiger partial charge in [-0.05, 0) is 62.4 Å². The second-order valence-corrected chi connectivity index (χ2v) is 12.2. The summed E-state index contributed by atoms with van der Waals surface area (Å²) in [6.07, 6.45) is 3.20. The van der Waals surface area contributed by atoms with Gasteiger partial charge in [0.1, 0.15) is 0 Å². The zero-order chi connectivity index (χ0) is 27.6. The number of likely N-dealkylation sites (tertiary alicyclic amines) is 1. The predicted octanol–water partition coefficient (Wildman–Crippen LogP) is 4.69. The lowest BCUT2D eigenvalue weighted by molar-refractivity contribution is -0.135. The fraction of sp³-hybridized carbons (Fsp3) is 0.419. The summed E-state index contributed by atoms with van der Waals surface area (Å²) in [5.41, 5.74) is 1.98. The van der Waals surface area contributed by atoms with E-state index in [9.17, 15) is 18.0 Å². The van der Waals surface area contributed by atoms with E-state index < -0.39 is 10.0 Å². The standard InChI is InChI=1S/C30H36N4O4S.CH4/c1-3-21-19-34(30(36)27-13-8-17-31-27)18-16-25(21)33-39(37,38)28-15-14-26(23-11-6-7-12-24(23)28)32-29(35)22-10-5-4-9-20(22)2;/h4-7,9-12,14-15,21,25,27,31,33H,3,8,13,16-19H2,1-2H3,(H,32,35);1H4/t21-,25-,27?;/m1./s1. The summed E-state index contributed by atoms with van der Waals surface area (Å²) in [5, 5.41) is 7.43. The smallest absolute Gasteiger partial charge is 0.255 e. The SMILES string of the molecule is C.CC[C@@H]1CN(C(=O)C2CCCN2)CC[C@H]1NS(=O)(=O)c1ccc(NC(=O)c2ccccc2C)c2ccccc12. The van der Waals surface area contributed by atoms with E-state index in [1.807, 2.05) is 49.1 Å². The molecule has 3 N–H and O–H groups in total. The summed E-state index contributed by atoms with van der Waals surface area (Å²) in [4.78, 5) is 28.0. The van der Waals surface area contributed by atoms with Gasteiger partial charge in [-0.3, -0.25) is 9.59 Å². The Balaban J connectivity index is 0.00000370. The van der Waals surface area contributed by atoms with Crippen molar-refractivity contribution in [2.75, 3.05) is 25.0 Å². The highest BCUT2D eigenvalue weighted by molar-refractivity contribution is 7.89. The van der Waals surface area contributed by atoms with E-state index in [1.54, 1.807) is 30.3 Å². The molecule has 40 heavy (non-hydrogen) atoms. The topological polar surface area (TPSA) is 108 Å². The molecule has 3 aromatic carbocycles. The summed E-state index contributed by atoms with van der Waals surface area (Å²) < 4.78 is 30.4. The van der Waals surface area contributed by atoms with E-state index in [2.05, 4.69) is 15.4 Å². The van der Waals surface area contributed by atoms with Crippen molar-refractivity contribution >= 4 is 38.3 Å². The van der Waals surface area contributed by atoms with Crippen molar-refractivity contribution in [2.24, 2.45) is 5.92 Å². The van der Waals surface area contributed by atoms with Gasteiger partial charge in [0, 0.05) is 41.2 Å². The van der Waals surface area contributed by atoms with E-state index in [4.69, 9.17) is 0 Å². The van der Waals surface area contributed by atoms with Crippen molar-refractivity contribution in [3.63, 3.8) is 0 Å². The van der Waals surface area contributed by atoms with Crippen molar-refractivity contribution in [1.82, 2.24) is 14.9 Å². The first-order valence-electron chi connectivity index (χ1n) is 13.7. The third-order valence-corrected chi connectivity index (χ3v) is 9.59. The van der Waals surface area contributed by atoms with Crippen LogP contribution >= 0.6 is 0 Å². The number of carbonyl (C=O) groups is 2. The molecule has 2 saturated heterocycles.